The van der Waals surface area contributed by atoms with Crippen molar-refractivity contribution in [2.75, 3.05) is 18.5 Å². The van der Waals surface area contributed by atoms with Gasteiger partial charge in [-0.2, -0.15) is 9.78 Å². The molecule has 9 nitrogen and oxygen atoms in total. The predicted octanol–water partition coefficient (Wildman–Crippen LogP) is 7.02. The smallest absolute Gasteiger partial charge is 0.282 e. The van der Waals surface area contributed by atoms with E-state index in [-0.39, 0.29) is 23.9 Å². The molecule has 0 atom stereocenters. The third kappa shape index (κ3) is 6.20. The highest BCUT2D eigenvalue weighted by Crippen LogP contribution is 2.34. The molecule has 1 amide bonds. The van der Waals surface area contributed by atoms with Gasteiger partial charge in [0, 0.05) is 11.1 Å². The molecular formula is C34H27IN4O5. The minimum atomic E-state index is -0.332. The lowest BCUT2D eigenvalue weighted by Gasteiger charge is -2.15. The van der Waals surface area contributed by atoms with Crippen LogP contribution in [0.3, 0.4) is 0 Å². The molecule has 44 heavy (non-hydrogen) atoms. The average Bonchev–Trinajstić information content (AvgIpc) is 3.46. The highest BCUT2D eigenvalue weighted by molar-refractivity contribution is 14.1. The zero-order valence-corrected chi connectivity index (χ0v) is 26.1. The van der Waals surface area contributed by atoms with E-state index >= 15 is 0 Å². The lowest BCUT2D eigenvalue weighted by Crippen LogP contribution is -2.21. The molecule has 2 aromatic heterocycles. The topological polar surface area (TPSA) is 108 Å². The van der Waals surface area contributed by atoms with Crippen molar-refractivity contribution in [3.05, 3.63) is 116 Å². The van der Waals surface area contributed by atoms with Crippen LogP contribution in [0, 0.1) is 10.5 Å². The second kappa shape index (κ2) is 12.7. The second-order valence-electron chi connectivity index (χ2n) is 9.93. The molecule has 0 saturated carbocycles. The van der Waals surface area contributed by atoms with Crippen molar-refractivity contribution in [3.8, 4) is 23.1 Å². The Labute approximate surface area is 266 Å². The van der Waals surface area contributed by atoms with Crippen LogP contribution in [0.5, 0.6) is 11.5 Å². The van der Waals surface area contributed by atoms with Crippen LogP contribution in [0.1, 0.15) is 18.1 Å². The van der Waals surface area contributed by atoms with Gasteiger partial charge in [0.1, 0.15) is 5.58 Å². The molecule has 220 valence electrons. The van der Waals surface area contributed by atoms with Gasteiger partial charge in [0.2, 0.25) is 5.82 Å². The number of aryl methyl sites for hydroxylation is 1. The normalized spacial score (nSPS) is 11.3. The van der Waals surface area contributed by atoms with Crippen LogP contribution >= 0.6 is 22.6 Å². The zero-order valence-electron chi connectivity index (χ0n) is 23.9. The van der Waals surface area contributed by atoms with E-state index in [1.165, 1.54) is 4.68 Å². The third-order valence-electron chi connectivity index (χ3n) is 6.74. The van der Waals surface area contributed by atoms with Crippen LogP contribution < -0.4 is 20.3 Å². The van der Waals surface area contributed by atoms with Crippen molar-refractivity contribution >= 4 is 62.3 Å². The van der Waals surface area contributed by atoms with E-state index in [4.69, 9.17) is 18.9 Å². The van der Waals surface area contributed by atoms with Crippen molar-refractivity contribution in [3.63, 3.8) is 0 Å². The van der Waals surface area contributed by atoms with E-state index in [2.05, 4.69) is 33.0 Å². The first-order valence-corrected chi connectivity index (χ1v) is 15.0. The molecule has 0 fully saturated rings. The molecule has 0 unspecified atom stereocenters. The van der Waals surface area contributed by atoms with Gasteiger partial charge in [0.25, 0.3) is 11.5 Å². The van der Waals surface area contributed by atoms with Crippen LogP contribution in [-0.2, 0) is 4.79 Å². The van der Waals surface area contributed by atoms with E-state index in [9.17, 15) is 9.59 Å². The van der Waals surface area contributed by atoms with Gasteiger partial charge in [-0.3, -0.25) is 9.59 Å². The van der Waals surface area contributed by atoms with Gasteiger partial charge in [0.15, 0.2) is 23.9 Å². The number of rotatable bonds is 9. The van der Waals surface area contributed by atoms with Crippen molar-refractivity contribution < 1.29 is 18.7 Å². The van der Waals surface area contributed by atoms with Crippen LogP contribution in [-0.4, -0.2) is 35.0 Å². The van der Waals surface area contributed by atoms with Gasteiger partial charge < -0.3 is 19.2 Å². The molecule has 0 bridgehead atoms. The summed E-state index contributed by atoms with van der Waals surface area (Å²) in [7, 11) is 0. The van der Waals surface area contributed by atoms with Crippen LogP contribution in [0.2, 0.25) is 0 Å². The fourth-order valence-electron chi connectivity index (χ4n) is 4.64. The summed E-state index contributed by atoms with van der Waals surface area (Å²) in [5.41, 5.74) is 3.34. The number of para-hydroxylation sites is 2. The van der Waals surface area contributed by atoms with Crippen molar-refractivity contribution in [1.29, 1.82) is 0 Å². The van der Waals surface area contributed by atoms with E-state index in [1.54, 1.807) is 30.5 Å². The molecule has 10 heteroatoms. The van der Waals surface area contributed by atoms with Gasteiger partial charge in [-0.1, -0.05) is 48.0 Å². The Morgan fingerprint density at radius 2 is 1.80 bits per heavy atom. The first kappa shape index (κ1) is 29.1. The minimum Gasteiger partial charge on any atom is -0.490 e. The summed E-state index contributed by atoms with van der Waals surface area (Å²) in [4.78, 5) is 30.9. The fourth-order valence-corrected chi connectivity index (χ4v) is 5.43. The van der Waals surface area contributed by atoms with Gasteiger partial charge >= 0.3 is 0 Å². The summed E-state index contributed by atoms with van der Waals surface area (Å²) in [5.74, 6) is 1.30. The Bertz CT molecular complexity index is 2050. The molecule has 0 aliphatic rings. The van der Waals surface area contributed by atoms with E-state index in [1.807, 2.05) is 80.6 Å². The van der Waals surface area contributed by atoms with E-state index in [0.717, 1.165) is 10.9 Å². The maximum Gasteiger partial charge on any atom is 0.282 e. The number of amides is 1. The number of carbonyl (C=O) groups excluding carboxylic acids is 1. The van der Waals surface area contributed by atoms with Gasteiger partial charge in [-0.15, -0.1) is 0 Å². The predicted molar refractivity (Wildman–Crippen MR) is 180 cm³/mol. The molecule has 6 rings (SSSR count). The number of halogens is 1. The number of ether oxygens (including phenoxy) is 2. The van der Waals surface area contributed by atoms with Crippen LogP contribution in [0.25, 0.3) is 33.5 Å². The number of carbonyl (C=O) groups is 1. The third-order valence-corrected chi connectivity index (χ3v) is 7.54. The lowest BCUT2D eigenvalue weighted by molar-refractivity contribution is -0.118. The second-order valence-corrected chi connectivity index (χ2v) is 11.1. The largest absolute Gasteiger partial charge is 0.490 e. The molecule has 1 N–H and O–H groups in total. The molecule has 0 spiro atoms. The highest BCUT2D eigenvalue weighted by Gasteiger charge is 2.17. The van der Waals surface area contributed by atoms with Crippen LogP contribution in [0.4, 0.5) is 5.69 Å². The minimum absolute atomic E-state index is 0.198. The van der Waals surface area contributed by atoms with Crippen LogP contribution in [0.15, 0.2) is 105 Å². The SMILES string of the molecule is CCOc1cc(C=Nn2c(-c3cc4ccccc4o3)nc3ccccc3c2=O)cc(I)c1OCC(=O)Nc1ccc(C)cc1. The summed E-state index contributed by atoms with van der Waals surface area (Å²) in [5, 5.41) is 8.72. The number of hydrogen-bond acceptors (Lipinski definition) is 7. The number of anilines is 1. The fraction of sp³-hybridized carbons (Fsp3) is 0.118. The Kier molecular flexibility index (Phi) is 8.42. The molecule has 0 saturated heterocycles. The van der Waals surface area contributed by atoms with Gasteiger partial charge in [0.05, 0.1) is 27.3 Å². The summed E-state index contributed by atoms with van der Waals surface area (Å²) in [6.07, 6.45) is 1.56. The molecule has 0 radical (unpaired) electrons. The first-order chi connectivity index (χ1) is 21.4. The van der Waals surface area contributed by atoms with Crippen molar-refractivity contribution in [2.24, 2.45) is 5.10 Å². The number of benzene rings is 4. The first-order valence-electron chi connectivity index (χ1n) is 13.9. The lowest BCUT2D eigenvalue weighted by atomic mass is 10.2. The molecule has 6 aromatic rings. The Morgan fingerprint density at radius 3 is 2.59 bits per heavy atom. The van der Waals surface area contributed by atoms with Gasteiger partial charge in [-0.25, -0.2) is 4.98 Å². The Hall–Kier alpha value is -4.97. The number of aromatic nitrogens is 2. The number of nitrogens with zero attached hydrogens (tertiary/aromatic N) is 3. The van der Waals surface area contributed by atoms with Crippen molar-refractivity contribution in [2.45, 2.75) is 13.8 Å². The monoisotopic (exact) mass is 698 g/mol. The number of hydrogen-bond donors (Lipinski definition) is 1. The molecule has 0 aliphatic carbocycles. The number of fused-ring (bicyclic) bond motifs is 2. The summed E-state index contributed by atoms with van der Waals surface area (Å²) in [6.45, 7) is 4.03. The van der Waals surface area contributed by atoms with E-state index < -0.39 is 0 Å². The van der Waals surface area contributed by atoms with Crippen molar-refractivity contribution in [1.82, 2.24) is 9.66 Å². The number of nitrogens with one attached hydrogen (secondary N) is 1. The standard InChI is InChI=1S/C34H27IN4O5/c1-3-42-29-17-22(16-26(35)32(29)43-20-31(40)37-24-14-12-21(2)13-15-24)19-36-39-33(30-18-23-8-4-7-11-28(23)44-30)38-27-10-6-5-9-25(27)34(39)41/h4-19H,3,20H2,1-2H3,(H,37,40). The molecular weight excluding hydrogens is 671 g/mol. The highest BCUT2D eigenvalue weighted by atomic mass is 127. The quantitative estimate of drug-likeness (QED) is 0.129. The van der Waals surface area contributed by atoms with E-state index in [0.29, 0.717) is 55.2 Å². The Balaban J connectivity index is 1.32. The maximum absolute atomic E-state index is 13.6. The maximum atomic E-state index is 13.6. The molecule has 2 heterocycles. The van der Waals surface area contributed by atoms with Gasteiger partial charge in [-0.05, 0) is 90.5 Å². The summed E-state index contributed by atoms with van der Waals surface area (Å²) in [6, 6.07) is 27.7. The zero-order chi connectivity index (χ0) is 30.6. The molecule has 0 aliphatic heterocycles. The Morgan fingerprint density at radius 1 is 1.02 bits per heavy atom. The summed E-state index contributed by atoms with van der Waals surface area (Å²) < 4.78 is 19.8. The summed E-state index contributed by atoms with van der Waals surface area (Å²) >= 11 is 2.13. The average molecular weight is 699 g/mol. The number of furan rings is 1. The molecule has 4 aromatic carbocycles.